The number of phenolic OH excluding ortho intramolecular Hbond substituents is 1. The molecule has 2 heterocycles. The highest BCUT2D eigenvalue weighted by Crippen LogP contribution is 2.52. The van der Waals surface area contributed by atoms with Gasteiger partial charge in [-0.15, -0.1) is 0 Å². The molecule has 1 aliphatic carbocycles. The zero-order valence-electron chi connectivity index (χ0n) is 14.7. The van der Waals surface area contributed by atoms with Crippen LogP contribution in [0.1, 0.15) is 49.7 Å². The maximum absolute atomic E-state index is 13.2. The third-order valence-corrected chi connectivity index (χ3v) is 5.43. The number of ether oxygens (including phenoxy) is 4. The number of benzene rings is 2. The summed E-state index contributed by atoms with van der Waals surface area (Å²) in [5, 5.41) is 10.9. The molecule has 7 nitrogen and oxygen atoms in total. The van der Waals surface area contributed by atoms with E-state index in [0.717, 1.165) is 0 Å². The van der Waals surface area contributed by atoms with Gasteiger partial charge in [-0.25, -0.2) is 0 Å². The van der Waals surface area contributed by atoms with Crippen molar-refractivity contribution in [2.75, 3.05) is 20.8 Å². The van der Waals surface area contributed by atoms with E-state index >= 15 is 0 Å². The quantitative estimate of drug-likeness (QED) is 0.743. The van der Waals surface area contributed by atoms with E-state index in [1.807, 2.05) is 0 Å². The van der Waals surface area contributed by atoms with Crippen molar-refractivity contribution in [3.63, 3.8) is 0 Å². The second-order valence-corrected chi connectivity index (χ2v) is 6.72. The molecule has 1 N–H and O–H groups in total. The summed E-state index contributed by atoms with van der Waals surface area (Å²) in [7, 11) is 2.88. The maximum atomic E-state index is 13.2. The van der Waals surface area contributed by atoms with Crippen molar-refractivity contribution in [2.24, 2.45) is 0 Å². The van der Waals surface area contributed by atoms with Crippen LogP contribution in [-0.4, -0.2) is 43.8 Å². The first-order chi connectivity index (χ1) is 13.0. The van der Waals surface area contributed by atoms with E-state index in [0.29, 0.717) is 30.1 Å². The molecule has 27 heavy (non-hydrogen) atoms. The van der Waals surface area contributed by atoms with E-state index < -0.39 is 17.9 Å². The summed E-state index contributed by atoms with van der Waals surface area (Å²) in [4.78, 5) is 26.4. The fraction of sp³-hybridized carbons (Fsp3) is 0.300. The Labute approximate surface area is 154 Å². The van der Waals surface area contributed by atoms with Crippen LogP contribution in [0.2, 0.25) is 0 Å². The van der Waals surface area contributed by atoms with Gasteiger partial charge < -0.3 is 24.1 Å². The average Bonchev–Trinajstić information content (AvgIpc) is 3.25. The molecule has 0 radical (unpaired) electrons. The lowest BCUT2D eigenvalue weighted by atomic mass is 9.80. The Morgan fingerprint density at radius 2 is 1.81 bits per heavy atom. The van der Waals surface area contributed by atoms with E-state index in [1.54, 1.807) is 6.07 Å². The molecule has 0 saturated carbocycles. The van der Waals surface area contributed by atoms with Gasteiger partial charge >= 0.3 is 0 Å². The maximum Gasteiger partial charge on any atom is 0.207 e. The van der Waals surface area contributed by atoms with Gasteiger partial charge in [0, 0.05) is 22.8 Å². The number of carbonyl (C=O) groups excluding carboxylic acids is 2. The molecule has 0 bridgehead atoms. The molecule has 0 amide bonds. The van der Waals surface area contributed by atoms with E-state index in [1.165, 1.54) is 26.4 Å². The number of hydrogen-bond donors (Lipinski definition) is 1. The van der Waals surface area contributed by atoms with Crippen LogP contribution in [0.25, 0.3) is 0 Å². The molecule has 0 aromatic heterocycles. The molecule has 0 unspecified atom stereocenters. The van der Waals surface area contributed by atoms with Gasteiger partial charge in [0.15, 0.2) is 5.78 Å². The Kier molecular flexibility index (Phi) is 3.27. The molecule has 2 aromatic rings. The van der Waals surface area contributed by atoms with Gasteiger partial charge in [0.25, 0.3) is 0 Å². The van der Waals surface area contributed by atoms with Gasteiger partial charge in [-0.1, -0.05) is 0 Å². The fourth-order valence-corrected chi connectivity index (χ4v) is 4.16. The highest BCUT2D eigenvalue weighted by molar-refractivity contribution is 6.30. The van der Waals surface area contributed by atoms with Gasteiger partial charge in [0.05, 0.1) is 37.9 Å². The molecule has 5 rings (SSSR count). The highest BCUT2D eigenvalue weighted by atomic mass is 16.7. The molecule has 1 saturated heterocycles. The first-order valence-electron chi connectivity index (χ1n) is 8.58. The zero-order valence-corrected chi connectivity index (χ0v) is 14.7. The lowest BCUT2D eigenvalue weighted by Crippen LogP contribution is -2.22. The number of carbonyl (C=O) groups is 2. The molecule has 138 valence electrons. The molecular formula is C20H16O7. The van der Waals surface area contributed by atoms with Gasteiger partial charge in [0.1, 0.15) is 23.0 Å². The van der Waals surface area contributed by atoms with E-state index in [2.05, 4.69) is 0 Å². The number of rotatable bonds is 2. The molecule has 1 fully saturated rings. The molecular weight excluding hydrogens is 352 g/mol. The Bertz CT molecular complexity index is 1020. The van der Waals surface area contributed by atoms with Crippen molar-refractivity contribution in [2.45, 2.75) is 18.6 Å². The first-order valence-corrected chi connectivity index (χ1v) is 8.58. The Hall–Kier alpha value is -3.06. The monoisotopic (exact) mass is 368 g/mol. The summed E-state index contributed by atoms with van der Waals surface area (Å²) >= 11 is 0. The molecule has 2 aromatic carbocycles. The van der Waals surface area contributed by atoms with Crippen molar-refractivity contribution in [3.05, 3.63) is 46.0 Å². The van der Waals surface area contributed by atoms with Crippen LogP contribution in [0.3, 0.4) is 0 Å². The van der Waals surface area contributed by atoms with Crippen LogP contribution < -0.4 is 14.2 Å². The number of phenols is 1. The van der Waals surface area contributed by atoms with Crippen LogP contribution in [0.4, 0.5) is 0 Å². The van der Waals surface area contributed by atoms with Gasteiger partial charge in [0.2, 0.25) is 12.1 Å². The Balaban J connectivity index is 1.76. The van der Waals surface area contributed by atoms with Crippen molar-refractivity contribution in [1.29, 1.82) is 0 Å². The van der Waals surface area contributed by atoms with Gasteiger partial charge in [-0.3, -0.25) is 9.59 Å². The topological polar surface area (TPSA) is 91.3 Å². The lowest BCUT2D eigenvalue weighted by molar-refractivity contribution is -0.0337. The number of ketones is 2. The number of fused-ring (bicyclic) bond motifs is 5. The van der Waals surface area contributed by atoms with Crippen molar-refractivity contribution in [1.82, 2.24) is 0 Å². The first kappa shape index (κ1) is 16.1. The second-order valence-electron chi connectivity index (χ2n) is 6.72. The number of aromatic hydroxyl groups is 1. The lowest BCUT2D eigenvalue weighted by Gasteiger charge is -2.22. The van der Waals surface area contributed by atoms with E-state index in [4.69, 9.17) is 18.9 Å². The SMILES string of the molecule is COc1cc(OC)c2c(c1)C(=O)c1cc3c(c(O)c1C2=O)[C@H]1CCO[C@H]1O3. The molecule has 2 aliphatic heterocycles. The Morgan fingerprint density at radius 1 is 1.04 bits per heavy atom. The normalized spacial score (nSPS) is 21.9. The molecule has 2 atom stereocenters. The summed E-state index contributed by atoms with van der Waals surface area (Å²) in [5.41, 5.74) is 0.944. The minimum Gasteiger partial charge on any atom is -0.507 e. The fourth-order valence-electron chi connectivity index (χ4n) is 4.16. The molecule has 0 spiro atoms. The smallest absolute Gasteiger partial charge is 0.207 e. The van der Waals surface area contributed by atoms with Crippen LogP contribution in [0.15, 0.2) is 18.2 Å². The summed E-state index contributed by atoms with van der Waals surface area (Å²) in [6.45, 7) is 0.522. The third-order valence-electron chi connectivity index (χ3n) is 5.43. The van der Waals surface area contributed by atoms with Crippen molar-refractivity contribution < 1.29 is 33.6 Å². The van der Waals surface area contributed by atoms with Crippen LogP contribution >= 0.6 is 0 Å². The van der Waals surface area contributed by atoms with E-state index in [-0.39, 0.29) is 39.7 Å². The predicted octanol–water partition coefficient (Wildman–Crippen LogP) is 2.41. The van der Waals surface area contributed by atoms with Gasteiger partial charge in [-0.05, 0) is 18.6 Å². The highest BCUT2D eigenvalue weighted by Gasteiger charge is 2.45. The van der Waals surface area contributed by atoms with Crippen LogP contribution in [0, 0.1) is 0 Å². The summed E-state index contributed by atoms with van der Waals surface area (Å²) in [5.74, 6) is -0.181. The minimum atomic E-state index is -0.489. The summed E-state index contributed by atoms with van der Waals surface area (Å²) in [6, 6.07) is 4.58. The predicted molar refractivity (Wildman–Crippen MR) is 92.2 cm³/mol. The van der Waals surface area contributed by atoms with Crippen molar-refractivity contribution >= 4 is 11.6 Å². The van der Waals surface area contributed by atoms with Crippen LogP contribution in [0.5, 0.6) is 23.0 Å². The van der Waals surface area contributed by atoms with E-state index in [9.17, 15) is 14.7 Å². The van der Waals surface area contributed by atoms with Crippen molar-refractivity contribution in [3.8, 4) is 23.0 Å². The number of methoxy groups -OCH3 is 2. The largest absolute Gasteiger partial charge is 0.507 e. The summed E-state index contributed by atoms with van der Waals surface area (Å²) in [6.07, 6.45) is 0.195. The zero-order chi connectivity index (χ0) is 18.9. The average molecular weight is 368 g/mol. The number of hydrogen-bond acceptors (Lipinski definition) is 7. The second kappa shape index (κ2) is 5.47. The van der Waals surface area contributed by atoms with Crippen LogP contribution in [-0.2, 0) is 4.74 Å². The minimum absolute atomic E-state index is 0.00846. The molecule has 3 aliphatic rings. The summed E-state index contributed by atoms with van der Waals surface area (Å²) < 4.78 is 21.8. The molecule has 7 heteroatoms. The Morgan fingerprint density at radius 3 is 2.56 bits per heavy atom. The third kappa shape index (κ3) is 2.00. The van der Waals surface area contributed by atoms with Gasteiger partial charge in [-0.2, -0.15) is 0 Å². The standard InChI is InChI=1S/C20H16O7/c1-24-8-5-10-15(12(6-8)25-2)19(23)16-11(17(10)21)7-13-14(18(16)22)9-3-4-26-20(9)27-13/h5-7,9,20,22H,3-4H2,1-2H3/t9-,20+/m1/s1.